The maximum absolute atomic E-state index is 11.8. The number of anilines is 2. The standard InChI is InChI=1S/C12H20N2O4S2/c1-7(2)5-6-14-11-10(20(4,16)17)8(13)9(19-11)12(15)18-3/h7,14H,5-6,13H2,1-4H3. The Morgan fingerprint density at radius 3 is 2.50 bits per heavy atom. The van der Waals surface area contributed by atoms with E-state index in [9.17, 15) is 13.2 Å². The van der Waals surface area contributed by atoms with Gasteiger partial charge in [-0.25, -0.2) is 13.2 Å². The number of rotatable bonds is 6. The van der Waals surface area contributed by atoms with E-state index in [2.05, 4.69) is 23.9 Å². The van der Waals surface area contributed by atoms with Crippen LogP contribution >= 0.6 is 11.3 Å². The van der Waals surface area contributed by atoms with Crippen molar-refractivity contribution in [2.45, 2.75) is 25.2 Å². The molecule has 1 aromatic rings. The lowest BCUT2D eigenvalue weighted by molar-refractivity contribution is 0.0607. The topological polar surface area (TPSA) is 98.5 Å². The molecule has 0 aromatic carbocycles. The van der Waals surface area contributed by atoms with Crippen LogP contribution in [0.3, 0.4) is 0 Å². The molecule has 20 heavy (non-hydrogen) atoms. The molecule has 1 heterocycles. The minimum Gasteiger partial charge on any atom is -0.465 e. The van der Waals surface area contributed by atoms with Gasteiger partial charge in [-0.3, -0.25) is 0 Å². The zero-order valence-corrected chi connectivity index (χ0v) is 13.7. The maximum atomic E-state index is 11.8. The van der Waals surface area contributed by atoms with Crippen molar-refractivity contribution >= 4 is 37.8 Å². The summed E-state index contributed by atoms with van der Waals surface area (Å²) in [4.78, 5) is 11.7. The van der Waals surface area contributed by atoms with Crippen LogP contribution in [0.15, 0.2) is 4.90 Å². The number of ether oxygens (including phenoxy) is 1. The molecule has 114 valence electrons. The first-order valence-corrected chi connectivity index (χ1v) is 8.83. The second-order valence-electron chi connectivity index (χ2n) is 4.88. The number of carbonyl (C=O) groups is 1. The summed E-state index contributed by atoms with van der Waals surface area (Å²) < 4.78 is 28.3. The number of esters is 1. The summed E-state index contributed by atoms with van der Waals surface area (Å²) in [6.45, 7) is 4.75. The molecule has 0 spiro atoms. The smallest absolute Gasteiger partial charge is 0.350 e. The number of hydrogen-bond donors (Lipinski definition) is 2. The Morgan fingerprint density at radius 2 is 2.05 bits per heavy atom. The van der Waals surface area contributed by atoms with Crippen molar-refractivity contribution in [3.8, 4) is 0 Å². The van der Waals surface area contributed by atoms with Crippen LogP contribution in [0, 0.1) is 5.92 Å². The van der Waals surface area contributed by atoms with E-state index in [1.165, 1.54) is 7.11 Å². The lowest BCUT2D eigenvalue weighted by atomic mass is 10.1. The lowest BCUT2D eigenvalue weighted by Crippen LogP contribution is -2.08. The monoisotopic (exact) mass is 320 g/mol. The third-order valence-electron chi connectivity index (χ3n) is 2.65. The molecule has 0 amide bonds. The number of nitrogen functional groups attached to an aromatic ring is 1. The van der Waals surface area contributed by atoms with Crippen LogP contribution < -0.4 is 11.1 Å². The van der Waals surface area contributed by atoms with Gasteiger partial charge in [0.1, 0.15) is 14.8 Å². The molecule has 8 heteroatoms. The molecule has 0 radical (unpaired) electrons. The second kappa shape index (κ2) is 6.45. The number of thiophene rings is 1. The van der Waals surface area contributed by atoms with Crippen molar-refractivity contribution < 1.29 is 17.9 Å². The van der Waals surface area contributed by atoms with Crippen molar-refractivity contribution in [3.05, 3.63) is 4.88 Å². The molecule has 6 nitrogen and oxygen atoms in total. The van der Waals surface area contributed by atoms with Crippen LogP contribution in [0.2, 0.25) is 0 Å². The number of hydrogen-bond acceptors (Lipinski definition) is 7. The molecular formula is C12H20N2O4S2. The first-order valence-electron chi connectivity index (χ1n) is 6.13. The largest absolute Gasteiger partial charge is 0.465 e. The number of nitrogens with two attached hydrogens (primary N) is 1. The van der Waals surface area contributed by atoms with E-state index in [0.29, 0.717) is 17.5 Å². The zero-order valence-electron chi connectivity index (χ0n) is 12.0. The van der Waals surface area contributed by atoms with Crippen molar-refractivity contribution in [2.75, 3.05) is 31.0 Å². The second-order valence-corrected chi connectivity index (χ2v) is 7.85. The molecule has 0 fully saturated rings. The summed E-state index contributed by atoms with van der Waals surface area (Å²) in [5.41, 5.74) is 5.74. The van der Waals surface area contributed by atoms with Gasteiger partial charge < -0.3 is 15.8 Å². The van der Waals surface area contributed by atoms with Gasteiger partial charge in [0.25, 0.3) is 0 Å². The summed E-state index contributed by atoms with van der Waals surface area (Å²) in [5.74, 6) is -0.143. The molecule has 0 bridgehead atoms. The summed E-state index contributed by atoms with van der Waals surface area (Å²) in [5, 5.41) is 3.44. The van der Waals surface area contributed by atoms with Gasteiger partial charge in [0.2, 0.25) is 0 Å². The third kappa shape index (κ3) is 3.86. The highest BCUT2D eigenvalue weighted by molar-refractivity contribution is 7.91. The number of methoxy groups -OCH3 is 1. The average Bonchev–Trinajstić information content (AvgIpc) is 2.64. The minimum atomic E-state index is -3.52. The van der Waals surface area contributed by atoms with Crippen molar-refractivity contribution in [1.82, 2.24) is 0 Å². The fraction of sp³-hybridized carbons (Fsp3) is 0.583. The zero-order chi connectivity index (χ0) is 15.5. The minimum absolute atomic E-state index is 0.0216. The first-order chi connectivity index (χ1) is 9.18. The number of sulfone groups is 1. The van der Waals surface area contributed by atoms with E-state index in [4.69, 9.17) is 5.73 Å². The van der Waals surface area contributed by atoms with Crippen LogP contribution in [0.25, 0.3) is 0 Å². The van der Waals surface area contributed by atoms with Gasteiger partial charge in [-0.05, 0) is 12.3 Å². The van der Waals surface area contributed by atoms with E-state index in [0.717, 1.165) is 24.0 Å². The Labute approximate surface area is 123 Å². The SMILES string of the molecule is COC(=O)c1sc(NCCC(C)C)c(S(C)(=O)=O)c1N. The van der Waals surface area contributed by atoms with Gasteiger partial charge in [0.15, 0.2) is 9.84 Å². The molecule has 0 aliphatic rings. The molecule has 0 unspecified atom stereocenters. The summed E-state index contributed by atoms with van der Waals surface area (Å²) in [6.07, 6.45) is 1.95. The van der Waals surface area contributed by atoms with E-state index >= 15 is 0 Å². The van der Waals surface area contributed by atoms with Crippen molar-refractivity contribution in [3.63, 3.8) is 0 Å². The van der Waals surface area contributed by atoms with Gasteiger partial charge in [0.05, 0.1) is 12.8 Å². The van der Waals surface area contributed by atoms with Gasteiger partial charge in [-0.2, -0.15) is 0 Å². The van der Waals surface area contributed by atoms with E-state index in [-0.39, 0.29) is 15.5 Å². The summed E-state index contributed by atoms with van der Waals surface area (Å²) >= 11 is 1.01. The normalized spacial score (nSPS) is 11.7. The quantitative estimate of drug-likeness (QED) is 0.778. The highest BCUT2D eigenvalue weighted by atomic mass is 32.2. The van der Waals surface area contributed by atoms with Crippen LogP contribution in [0.1, 0.15) is 29.9 Å². The van der Waals surface area contributed by atoms with E-state index in [1.54, 1.807) is 0 Å². The molecule has 1 aromatic heterocycles. The van der Waals surface area contributed by atoms with Crippen LogP contribution in [0.5, 0.6) is 0 Å². The predicted octanol–water partition coefficient (Wildman–Crippen LogP) is 1.98. The Hall–Kier alpha value is -1.28. The Kier molecular flexibility index (Phi) is 5.41. The van der Waals surface area contributed by atoms with Gasteiger partial charge in [0, 0.05) is 12.8 Å². The predicted molar refractivity (Wildman–Crippen MR) is 81.1 cm³/mol. The third-order valence-corrected chi connectivity index (χ3v) is 5.09. The fourth-order valence-corrected chi connectivity index (χ4v) is 4.15. The summed E-state index contributed by atoms with van der Waals surface area (Å²) in [6, 6.07) is 0. The van der Waals surface area contributed by atoms with E-state index in [1.807, 2.05) is 0 Å². The van der Waals surface area contributed by atoms with E-state index < -0.39 is 15.8 Å². The van der Waals surface area contributed by atoms with Crippen LogP contribution in [0.4, 0.5) is 10.7 Å². The molecule has 0 aliphatic carbocycles. The maximum Gasteiger partial charge on any atom is 0.350 e. The molecule has 0 aliphatic heterocycles. The van der Waals surface area contributed by atoms with Crippen molar-refractivity contribution in [1.29, 1.82) is 0 Å². The Bertz CT molecular complexity index is 591. The molecule has 0 saturated carbocycles. The van der Waals surface area contributed by atoms with Crippen LogP contribution in [-0.4, -0.2) is 34.3 Å². The number of carbonyl (C=O) groups excluding carboxylic acids is 1. The molecule has 0 saturated heterocycles. The molecule has 3 N–H and O–H groups in total. The molecule has 0 atom stereocenters. The van der Waals surface area contributed by atoms with Gasteiger partial charge in [-0.1, -0.05) is 13.8 Å². The van der Waals surface area contributed by atoms with Gasteiger partial charge in [-0.15, -0.1) is 11.3 Å². The van der Waals surface area contributed by atoms with Gasteiger partial charge >= 0.3 is 5.97 Å². The Morgan fingerprint density at radius 1 is 1.45 bits per heavy atom. The first kappa shape index (κ1) is 16.8. The number of nitrogens with one attached hydrogen (secondary N) is 1. The lowest BCUT2D eigenvalue weighted by Gasteiger charge is -2.08. The highest BCUT2D eigenvalue weighted by Crippen LogP contribution is 2.39. The van der Waals surface area contributed by atoms with Crippen LogP contribution in [-0.2, 0) is 14.6 Å². The Balaban J connectivity index is 3.18. The molecular weight excluding hydrogens is 300 g/mol. The summed E-state index contributed by atoms with van der Waals surface area (Å²) in [7, 11) is -2.29. The van der Waals surface area contributed by atoms with Crippen molar-refractivity contribution in [2.24, 2.45) is 5.92 Å². The highest BCUT2D eigenvalue weighted by Gasteiger charge is 2.27. The fourth-order valence-electron chi connectivity index (χ4n) is 1.63. The average molecular weight is 320 g/mol. The molecule has 1 rings (SSSR count).